The number of phenols is 2. The molecule has 2 unspecified atom stereocenters. The van der Waals surface area contributed by atoms with E-state index >= 15 is 0 Å². The quantitative estimate of drug-likeness (QED) is 0.216. The Morgan fingerprint density at radius 3 is 1.90 bits per heavy atom. The molecule has 0 saturated carbocycles. The Hall–Kier alpha value is -2.92. The van der Waals surface area contributed by atoms with Crippen molar-refractivity contribution in [3.8, 4) is 11.5 Å². The molecule has 0 aliphatic carbocycles. The molecule has 2 aliphatic heterocycles. The molecule has 2 atom stereocenters. The molecule has 0 spiro atoms. The minimum absolute atomic E-state index is 0.0234. The smallest absolute Gasteiger partial charge is 0.310 e. The van der Waals surface area contributed by atoms with Crippen LogP contribution in [0.4, 0.5) is 11.4 Å². The molecule has 0 radical (unpaired) electrons. The second kappa shape index (κ2) is 10.2. The van der Waals surface area contributed by atoms with Gasteiger partial charge in [-0.05, 0) is 35.4 Å². The molecule has 2 aromatic rings. The van der Waals surface area contributed by atoms with Gasteiger partial charge in [0.25, 0.3) is 0 Å². The number of phenolic OH excluding ortho intramolecular Hbond substituents is 2. The van der Waals surface area contributed by atoms with E-state index < -0.39 is 4.92 Å². The molecule has 2 saturated heterocycles. The molecule has 2 fully saturated rings. The first-order valence-electron chi connectivity index (χ1n) is 9.66. The van der Waals surface area contributed by atoms with Crippen LogP contribution in [0.25, 0.3) is 0 Å². The van der Waals surface area contributed by atoms with Gasteiger partial charge in [-0.25, -0.2) is 0 Å². The van der Waals surface area contributed by atoms with E-state index in [1.807, 2.05) is 6.07 Å². The lowest BCUT2D eigenvalue weighted by atomic mass is 10.1. The van der Waals surface area contributed by atoms with Crippen LogP contribution >= 0.6 is 0 Å². The number of rotatable bonds is 3. The Morgan fingerprint density at radius 1 is 0.933 bits per heavy atom. The van der Waals surface area contributed by atoms with Crippen molar-refractivity contribution < 1.29 is 24.6 Å². The summed E-state index contributed by atoms with van der Waals surface area (Å²) in [6.45, 7) is 4.42. The van der Waals surface area contributed by atoms with Gasteiger partial charge in [-0.1, -0.05) is 6.07 Å². The highest BCUT2D eigenvalue weighted by Gasteiger charge is 2.20. The van der Waals surface area contributed by atoms with E-state index in [1.165, 1.54) is 12.1 Å². The van der Waals surface area contributed by atoms with Crippen molar-refractivity contribution in [1.29, 1.82) is 0 Å². The summed E-state index contributed by atoms with van der Waals surface area (Å²) in [5.74, 6) is -0.201. The normalized spacial score (nSPS) is 21.3. The van der Waals surface area contributed by atoms with E-state index in [2.05, 4.69) is 10.6 Å². The molecular weight excluding hydrogens is 392 g/mol. The lowest BCUT2D eigenvalue weighted by Gasteiger charge is -2.24. The number of nitrogens with zero attached hydrogens (tertiary/aromatic N) is 1. The van der Waals surface area contributed by atoms with Crippen molar-refractivity contribution in [2.45, 2.75) is 12.2 Å². The molecule has 30 heavy (non-hydrogen) atoms. The minimum Gasteiger partial charge on any atom is -0.506 e. The first kappa shape index (κ1) is 21.8. The zero-order valence-corrected chi connectivity index (χ0v) is 16.4. The number of nitrogens with one attached hydrogen (secondary N) is 2. The average Bonchev–Trinajstić information content (AvgIpc) is 2.77. The predicted molar refractivity (Wildman–Crippen MR) is 110 cm³/mol. The number of morpholine rings is 2. The van der Waals surface area contributed by atoms with Crippen molar-refractivity contribution in [2.24, 2.45) is 0 Å². The molecule has 0 amide bonds. The first-order chi connectivity index (χ1) is 14.5. The van der Waals surface area contributed by atoms with Crippen LogP contribution in [0.2, 0.25) is 0 Å². The highest BCUT2D eigenvalue weighted by atomic mass is 16.6. The number of hydrogen-bond acceptors (Lipinski definition) is 9. The van der Waals surface area contributed by atoms with Crippen LogP contribution in [-0.2, 0) is 9.47 Å². The third-order valence-corrected chi connectivity index (χ3v) is 4.85. The molecule has 10 nitrogen and oxygen atoms in total. The number of nitro benzene ring substituents is 1. The van der Waals surface area contributed by atoms with Crippen molar-refractivity contribution in [2.75, 3.05) is 45.1 Å². The fourth-order valence-electron chi connectivity index (χ4n) is 3.22. The molecule has 2 heterocycles. The molecule has 0 aromatic heterocycles. The predicted octanol–water partition coefficient (Wildman–Crippen LogP) is 1.60. The topological polar surface area (TPSA) is 152 Å². The molecule has 0 bridgehead atoms. The van der Waals surface area contributed by atoms with Gasteiger partial charge >= 0.3 is 5.69 Å². The summed E-state index contributed by atoms with van der Waals surface area (Å²) in [5, 5.41) is 35.8. The summed E-state index contributed by atoms with van der Waals surface area (Å²) in [6.07, 6.45) is -0.129. The number of ether oxygens (including phenoxy) is 2. The van der Waals surface area contributed by atoms with Crippen LogP contribution in [-0.4, -0.2) is 54.5 Å². The summed E-state index contributed by atoms with van der Waals surface area (Å²) in [6, 6.07) is 9.52. The van der Waals surface area contributed by atoms with Gasteiger partial charge in [0.1, 0.15) is 5.75 Å². The number of benzene rings is 2. The van der Waals surface area contributed by atoms with Gasteiger partial charge in [-0.2, -0.15) is 0 Å². The Morgan fingerprint density at radius 2 is 1.47 bits per heavy atom. The van der Waals surface area contributed by atoms with Gasteiger partial charge in [-0.3, -0.25) is 10.1 Å². The molecule has 4 rings (SSSR count). The van der Waals surface area contributed by atoms with E-state index in [9.17, 15) is 20.3 Å². The van der Waals surface area contributed by atoms with Gasteiger partial charge in [0, 0.05) is 32.2 Å². The lowest BCUT2D eigenvalue weighted by molar-refractivity contribution is -0.385. The Bertz CT molecular complexity index is 866. The first-order valence-corrected chi connectivity index (χ1v) is 9.66. The molecular formula is C20H26N4O6. The van der Waals surface area contributed by atoms with Crippen LogP contribution in [0.15, 0.2) is 36.4 Å². The molecule has 10 heteroatoms. The van der Waals surface area contributed by atoms with E-state index in [-0.39, 0.29) is 29.4 Å². The van der Waals surface area contributed by atoms with Crippen LogP contribution in [0.1, 0.15) is 23.3 Å². The third kappa shape index (κ3) is 5.57. The maximum absolute atomic E-state index is 10.5. The molecule has 162 valence electrons. The van der Waals surface area contributed by atoms with E-state index in [0.717, 1.165) is 30.8 Å². The molecule has 2 aromatic carbocycles. The summed E-state index contributed by atoms with van der Waals surface area (Å²) in [7, 11) is 0. The van der Waals surface area contributed by atoms with Crippen molar-refractivity contribution in [3.63, 3.8) is 0 Å². The highest BCUT2D eigenvalue weighted by Crippen LogP contribution is 2.30. The Labute approximate surface area is 173 Å². The van der Waals surface area contributed by atoms with Crippen LogP contribution < -0.4 is 16.4 Å². The number of nitrogen functional groups attached to an aromatic ring is 1. The van der Waals surface area contributed by atoms with E-state index in [4.69, 9.17) is 15.2 Å². The average molecular weight is 418 g/mol. The van der Waals surface area contributed by atoms with Gasteiger partial charge in [0.2, 0.25) is 0 Å². The Kier molecular flexibility index (Phi) is 7.41. The number of aromatic hydroxyl groups is 2. The van der Waals surface area contributed by atoms with Gasteiger partial charge < -0.3 is 36.1 Å². The largest absolute Gasteiger partial charge is 0.506 e. The van der Waals surface area contributed by atoms with Crippen molar-refractivity contribution in [1.82, 2.24) is 10.6 Å². The SMILES string of the molecule is Nc1ccc(C2CNCCO2)cc1O.O=[N+]([O-])c1ccc(C2CNCCO2)cc1O. The highest BCUT2D eigenvalue weighted by molar-refractivity contribution is 5.53. The molecule has 2 aliphatic rings. The minimum atomic E-state index is -0.612. The van der Waals surface area contributed by atoms with Gasteiger partial charge in [-0.15, -0.1) is 0 Å². The lowest BCUT2D eigenvalue weighted by Crippen LogP contribution is -2.33. The van der Waals surface area contributed by atoms with Crippen LogP contribution in [0, 0.1) is 10.1 Å². The fraction of sp³-hybridized carbons (Fsp3) is 0.400. The van der Waals surface area contributed by atoms with Crippen LogP contribution in [0.3, 0.4) is 0 Å². The second-order valence-corrected chi connectivity index (χ2v) is 6.95. The van der Waals surface area contributed by atoms with Crippen LogP contribution in [0.5, 0.6) is 11.5 Å². The summed E-state index contributed by atoms with van der Waals surface area (Å²) in [4.78, 5) is 9.90. The summed E-state index contributed by atoms with van der Waals surface area (Å²) in [5.41, 5.74) is 7.34. The monoisotopic (exact) mass is 418 g/mol. The summed E-state index contributed by atoms with van der Waals surface area (Å²) >= 11 is 0. The number of nitrogens with two attached hydrogens (primary N) is 1. The summed E-state index contributed by atoms with van der Waals surface area (Å²) < 4.78 is 11.0. The fourth-order valence-corrected chi connectivity index (χ4v) is 3.22. The standard InChI is InChI=1S/C10H12N2O4.C10H14N2O2/c13-9-5-7(1-2-8(9)12(14)15)10-6-11-3-4-16-10;11-8-2-1-7(5-9(8)13)10-6-12-3-4-14-10/h1-2,5,10-11,13H,3-4,6H2;1-2,5,10,12-13H,3-4,6,11H2. The van der Waals surface area contributed by atoms with E-state index in [1.54, 1.807) is 18.2 Å². The maximum atomic E-state index is 10.5. The number of hydrogen-bond donors (Lipinski definition) is 5. The zero-order valence-electron chi connectivity index (χ0n) is 16.4. The van der Waals surface area contributed by atoms with Gasteiger partial charge in [0.15, 0.2) is 5.75 Å². The van der Waals surface area contributed by atoms with E-state index in [0.29, 0.717) is 25.4 Å². The van der Waals surface area contributed by atoms with Crippen molar-refractivity contribution in [3.05, 3.63) is 57.6 Å². The third-order valence-electron chi connectivity index (χ3n) is 4.85. The van der Waals surface area contributed by atoms with Crippen molar-refractivity contribution >= 4 is 11.4 Å². The van der Waals surface area contributed by atoms with Gasteiger partial charge in [0.05, 0.1) is 36.0 Å². The number of nitro groups is 1. The zero-order chi connectivity index (χ0) is 21.5. The second-order valence-electron chi connectivity index (χ2n) is 6.95. The maximum Gasteiger partial charge on any atom is 0.310 e. The number of anilines is 1. The Balaban J connectivity index is 0.000000172. The molecule has 6 N–H and O–H groups in total.